The van der Waals surface area contributed by atoms with Crippen molar-refractivity contribution in [3.8, 4) is 0 Å². The first kappa shape index (κ1) is 15.1. The van der Waals surface area contributed by atoms with Crippen LogP contribution in [0.4, 0.5) is 0 Å². The van der Waals surface area contributed by atoms with Crippen LogP contribution in [0, 0.1) is 0 Å². The first-order valence-electron chi connectivity index (χ1n) is 6.77. The van der Waals surface area contributed by atoms with Crippen LogP contribution in [0.1, 0.15) is 27.2 Å². The molecular weight excluding hydrogens is 234 g/mol. The highest BCUT2D eigenvalue weighted by atomic mass is 28.4. The molecule has 1 fully saturated rings. The van der Waals surface area contributed by atoms with Crippen molar-refractivity contribution < 1.29 is 13.6 Å². The smallest absolute Gasteiger partial charge is 0.352 e. The molecule has 1 rings (SSSR count). The Bertz CT molecular complexity index is 204. The van der Waals surface area contributed by atoms with E-state index in [1.807, 2.05) is 0 Å². The van der Waals surface area contributed by atoms with Gasteiger partial charge in [0.1, 0.15) is 0 Å². The summed E-state index contributed by atoms with van der Waals surface area (Å²) < 4.78 is 17.4. The minimum atomic E-state index is -2.10. The molecule has 0 radical (unpaired) electrons. The van der Waals surface area contributed by atoms with Crippen LogP contribution < -0.4 is 0 Å². The van der Waals surface area contributed by atoms with Crippen LogP contribution in [0.25, 0.3) is 0 Å². The number of nitrogens with zero attached hydrogens (tertiary/aromatic N) is 1. The van der Waals surface area contributed by atoms with Crippen molar-refractivity contribution in [2.45, 2.75) is 39.4 Å². The van der Waals surface area contributed by atoms with E-state index in [0.29, 0.717) is 5.67 Å². The molecule has 0 saturated carbocycles. The van der Waals surface area contributed by atoms with Crippen LogP contribution in [0.3, 0.4) is 0 Å². The van der Waals surface area contributed by atoms with Crippen molar-refractivity contribution >= 4 is 8.56 Å². The monoisotopic (exact) mass is 261 g/mol. The zero-order chi connectivity index (χ0) is 12.7. The maximum absolute atomic E-state index is 6.01. The van der Waals surface area contributed by atoms with Crippen molar-refractivity contribution in [3.63, 3.8) is 0 Å². The molecule has 102 valence electrons. The lowest BCUT2D eigenvalue weighted by atomic mass is 10.3. The van der Waals surface area contributed by atoms with E-state index in [4.69, 9.17) is 13.6 Å². The second-order valence-corrected chi connectivity index (χ2v) is 7.73. The third-order valence-electron chi connectivity index (χ3n) is 3.34. The SMILES string of the molecule is CCO[Si](C)(OCC)C(CC)N1CCOCC1. The molecule has 1 unspecified atom stereocenters. The molecule has 0 spiro atoms. The fourth-order valence-electron chi connectivity index (χ4n) is 2.66. The molecular formula is C12H27NO3Si. The Kier molecular flexibility index (Phi) is 6.65. The van der Waals surface area contributed by atoms with Crippen LogP contribution in [0.2, 0.25) is 6.55 Å². The summed E-state index contributed by atoms with van der Waals surface area (Å²) in [6, 6.07) is 0. The first-order chi connectivity index (χ1) is 8.18. The minimum Gasteiger partial charge on any atom is -0.394 e. The number of hydrogen-bond acceptors (Lipinski definition) is 4. The van der Waals surface area contributed by atoms with Gasteiger partial charge in [-0.15, -0.1) is 0 Å². The van der Waals surface area contributed by atoms with Crippen molar-refractivity contribution in [2.75, 3.05) is 39.5 Å². The van der Waals surface area contributed by atoms with E-state index in [1.165, 1.54) is 0 Å². The molecule has 0 aromatic rings. The molecule has 0 aromatic heterocycles. The van der Waals surface area contributed by atoms with Crippen LogP contribution >= 0.6 is 0 Å². The quantitative estimate of drug-likeness (QED) is 0.654. The third-order valence-corrected chi connectivity index (χ3v) is 7.05. The summed E-state index contributed by atoms with van der Waals surface area (Å²) in [5.74, 6) is 0. The highest BCUT2D eigenvalue weighted by molar-refractivity contribution is 6.67. The summed E-state index contributed by atoms with van der Waals surface area (Å²) in [5.41, 5.74) is 0.436. The van der Waals surface area contributed by atoms with Crippen LogP contribution in [-0.2, 0) is 13.6 Å². The Morgan fingerprint density at radius 2 is 1.65 bits per heavy atom. The highest BCUT2D eigenvalue weighted by Crippen LogP contribution is 2.22. The second kappa shape index (κ2) is 7.48. The van der Waals surface area contributed by atoms with Gasteiger partial charge in [-0.25, -0.2) is 0 Å². The Morgan fingerprint density at radius 1 is 1.12 bits per heavy atom. The summed E-state index contributed by atoms with van der Waals surface area (Å²) >= 11 is 0. The molecule has 0 aromatic carbocycles. The van der Waals surface area contributed by atoms with Gasteiger partial charge in [0.25, 0.3) is 0 Å². The van der Waals surface area contributed by atoms with E-state index < -0.39 is 8.56 Å². The standard InChI is InChI=1S/C12H27NO3Si/c1-5-12(13-8-10-14-11-9-13)17(4,15-6-2)16-7-3/h12H,5-11H2,1-4H3. The van der Waals surface area contributed by atoms with E-state index in [-0.39, 0.29) is 0 Å². The van der Waals surface area contributed by atoms with Crippen molar-refractivity contribution in [1.82, 2.24) is 4.90 Å². The van der Waals surface area contributed by atoms with Gasteiger partial charge in [-0.05, 0) is 26.8 Å². The Hall–Kier alpha value is 0.0569. The normalized spacial score (nSPS) is 20.5. The number of morpholine rings is 1. The van der Waals surface area contributed by atoms with Gasteiger partial charge >= 0.3 is 8.56 Å². The average Bonchev–Trinajstić information content (AvgIpc) is 2.31. The van der Waals surface area contributed by atoms with Crippen molar-refractivity contribution in [1.29, 1.82) is 0 Å². The summed E-state index contributed by atoms with van der Waals surface area (Å²) in [6.45, 7) is 13.7. The van der Waals surface area contributed by atoms with Gasteiger partial charge < -0.3 is 13.6 Å². The predicted molar refractivity (Wildman–Crippen MR) is 71.3 cm³/mol. The summed E-state index contributed by atoms with van der Waals surface area (Å²) in [6.07, 6.45) is 1.09. The molecule has 1 aliphatic rings. The summed E-state index contributed by atoms with van der Waals surface area (Å²) in [7, 11) is -2.10. The van der Waals surface area contributed by atoms with Gasteiger partial charge in [0.2, 0.25) is 0 Å². The van der Waals surface area contributed by atoms with Crippen LogP contribution in [0.5, 0.6) is 0 Å². The van der Waals surface area contributed by atoms with Gasteiger partial charge in [0, 0.05) is 26.3 Å². The summed E-state index contributed by atoms with van der Waals surface area (Å²) in [5, 5.41) is 0. The molecule has 0 N–H and O–H groups in total. The zero-order valence-corrected chi connectivity index (χ0v) is 12.7. The van der Waals surface area contributed by atoms with E-state index in [2.05, 4.69) is 32.2 Å². The molecule has 1 atom stereocenters. The molecule has 17 heavy (non-hydrogen) atoms. The van der Waals surface area contributed by atoms with Crippen LogP contribution in [0.15, 0.2) is 0 Å². The minimum absolute atomic E-state index is 0.436. The zero-order valence-electron chi connectivity index (χ0n) is 11.7. The lowest BCUT2D eigenvalue weighted by Crippen LogP contribution is -2.60. The maximum Gasteiger partial charge on any atom is 0.352 e. The van der Waals surface area contributed by atoms with E-state index in [9.17, 15) is 0 Å². The third kappa shape index (κ3) is 4.03. The Morgan fingerprint density at radius 3 is 2.06 bits per heavy atom. The van der Waals surface area contributed by atoms with Gasteiger partial charge in [-0.1, -0.05) is 6.92 Å². The lowest BCUT2D eigenvalue weighted by molar-refractivity contribution is 0.0172. The Labute approximate surface area is 106 Å². The number of rotatable bonds is 7. The average molecular weight is 261 g/mol. The largest absolute Gasteiger partial charge is 0.394 e. The highest BCUT2D eigenvalue weighted by Gasteiger charge is 2.43. The maximum atomic E-state index is 6.01. The van der Waals surface area contributed by atoms with Crippen molar-refractivity contribution in [2.24, 2.45) is 0 Å². The Balaban J connectivity index is 2.71. The van der Waals surface area contributed by atoms with Gasteiger partial charge in [-0.2, -0.15) is 0 Å². The molecule has 0 amide bonds. The van der Waals surface area contributed by atoms with Gasteiger partial charge in [0.15, 0.2) is 0 Å². The second-order valence-electron chi connectivity index (χ2n) is 4.45. The fraction of sp³-hybridized carbons (Fsp3) is 1.00. The predicted octanol–water partition coefficient (Wildman–Crippen LogP) is 1.78. The lowest BCUT2D eigenvalue weighted by Gasteiger charge is -2.42. The molecule has 0 bridgehead atoms. The molecule has 1 aliphatic heterocycles. The van der Waals surface area contributed by atoms with Gasteiger partial charge in [-0.3, -0.25) is 4.90 Å². The van der Waals surface area contributed by atoms with Crippen molar-refractivity contribution in [3.05, 3.63) is 0 Å². The molecule has 4 nitrogen and oxygen atoms in total. The fourth-order valence-corrected chi connectivity index (χ4v) is 5.93. The van der Waals surface area contributed by atoms with E-state index >= 15 is 0 Å². The number of hydrogen-bond donors (Lipinski definition) is 0. The van der Waals surface area contributed by atoms with Gasteiger partial charge in [0.05, 0.1) is 18.9 Å². The molecule has 1 heterocycles. The number of ether oxygens (including phenoxy) is 1. The first-order valence-corrected chi connectivity index (χ1v) is 9.17. The molecule has 5 heteroatoms. The molecule has 0 aliphatic carbocycles. The van der Waals surface area contributed by atoms with E-state index in [1.54, 1.807) is 0 Å². The van der Waals surface area contributed by atoms with Crippen LogP contribution in [-0.4, -0.2) is 58.6 Å². The summed E-state index contributed by atoms with van der Waals surface area (Å²) in [4.78, 5) is 2.49. The van der Waals surface area contributed by atoms with E-state index in [0.717, 1.165) is 45.9 Å². The molecule has 1 saturated heterocycles. The topological polar surface area (TPSA) is 30.9 Å².